The molecule has 1 fully saturated rings. The van der Waals surface area contributed by atoms with E-state index in [2.05, 4.69) is 31.1 Å². The van der Waals surface area contributed by atoms with E-state index >= 15 is 0 Å². The highest BCUT2D eigenvalue weighted by Gasteiger charge is 2.16. The summed E-state index contributed by atoms with van der Waals surface area (Å²) in [5.74, 6) is -0.0672. The number of thioether (sulfide) groups is 1. The Morgan fingerprint density at radius 3 is 2.78 bits per heavy atom. The number of benzene rings is 2. The van der Waals surface area contributed by atoms with Crippen molar-refractivity contribution in [2.45, 2.75) is 18.1 Å². The van der Waals surface area contributed by atoms with Gasteiger partial charge in [-0.15, -0.1) is 11.3 Å². The second kappa shape index (κ2) is 12.3. The number of nitrogens with one attached hydrogen (secondary N) is 1. The summed E-state index contributed by atoms with van der Waals surface area (Å²) in [7, 11) is 0. The minimum atomic E-state index is -0.192. The van der Waals surface area contributed by atoms with Crippen LogP contribution in [0.3, 0.4) is 0 Å². The number of amides is 1. The van der Waals surface area contributed by atoms with E-state index in [-0.39, 0.29) is 17.2 Å². The molecule has 11 heteroatoms. The molecule has 0 unspecified atom stereocenters. The lowest BCUT2D eigenvalue weighted by Gasteiger charge is -2.26. The van der Waals surface area contributed by atoms with Gasteiger partial charge in [-0.1, -0.05) is 52.0 Å². The molecule has 4 aromatic rings. The molecule has 0 spiro atoms. The monoisotopic (exact) mass is 599 g/mol. The van der Waals surface area contributed by atoms with Crippen LogP contribution in [0.4, 0.5) is 5.13 Å². The van der Waals surface area contributed by atoms with Gasteiger partial charge in [-0.25, -0.2) is 9.97 Å². The van der Waals surface area contributed by atoms with Crippen LogP contribution in [-0.4, -0.2) is 63.9 Å². The van der Waals surface area contributed by atoms with Crippen molar-refractivity contribution in [3.63, 3.8) is 0 Å². The number of nitrogens with zero attached hydrogens (tertiary/aromatic N) is 4. The number of morpholine rings is 1. The Hall–Kier alpha value is -2.57. The maximum absolute atomic E-state index is 13.3. The fraction of sp³-hybridized carbons (Fsp3) is 0.308. The van der Waals surface area contributed by atoms with Crippen molar-refractivity contribution in [3.8, 4) is 11.3 Å². The Morgan fingerprint density at radius 1 is 1.11 bits per heavy atom. The van der Waals surface area contributed by atoms with Gasteiger partial charge in [-0.05, 0) is 30.7 Å². The van der Waals surface area contributed by atoms with E-state index in [1.165, 1.54) is 23.1 Å². The molecule has 2 aromatic carbocycles. The van der Waals surface area contributed by atoms with E-state index in [4.69, 9.17) is 9.72 Å². The quantitative estimate of drug-likeness (QED) is 0.220. The van der Waals surface area contributed by atoms with Crippen molar-refractivity contribution < 1.29 is 9.53 Å². The summed E-state index contributed by atoms with van der Waals surface area (Å²) in [5.41, 5.74) is 2.34. The van der Waals surface area contributed by atoms with Gasteiger partial charge in [-0.2, -0.15) is 0 Å². The maximum atomic E-state index is 13.3. The molecule has 8 nitrogen and oxygen atoms in total. The molecule has 3 heterocycles. The fourth-order valence-corrected chi connectivity index (χ4v) is 6.09. The smallest absolute Gasteiger partial charge is 0.262 e. The first-order valence-corrected chi connectivity index (χ1v) is 14.7. The lowest BCUT2D eigenvalue weighted by atomic mass is 10.2. The van der Waals surface area contributed by atoms with Crippen LogP contribution in [0, 0.1) is 0 Å². The van der Waals surface area contributed by atoms with E-state index in [1.54, 1.807) is 10.6 Å². The minimum Gasteiger partial charge on any atom is -0.379 e. The first-order chi connectivity index (χ1) is 18.1. The number of anilines is 1. The number of para-hydroxylation sites is 1. The van der Waals surface area contributed by atoms with E-state index in [0.717, 1.165) is 55.0 Å². The van der Waals surface area contributed by atoms with Gasteiger partial charge in [-0.3, -0.25) is 19.1 Å². The molecule has 1 N–H and O–H groups in total. The molecule has 0 aliphatic carbocycles. The Balaban J connectivity index is 1.26. The van der Waals surface area contributed by atoms with E-state index in [0.29, 0.717) is 27.7 Å². The Kier molecular flexibility index (Phi) is 8.67. The molecular weight excluding hydrogens is 574 g/mol. The molecule has 1 aliphatic heterocycles. The zero-order valence-electron chi connectivity index (χ0n) is 20.1. The Bertz CT molecular complexity index is 1450. The number of carbonyl (C=O) groups excluding carboxylic acids is 1. The molecule has 5 rings (SSSR count). The third-order valence-electron chi connectivity index (χ3n) is 5.99. The predicted molar refractivity (Wildman–Crippen MR) is 152 cm³/mol. The van der Waals surface area contributed by atoms with E-state index in [1.807, 2.05) is 47.8 Å². The predicted octanol–water partition coefficient (Wildman–Crippen LogP) is 4.74. The van der Waals surface area contributed by atoms with E-state index in [9.17, 15) is 9.59 Å². The summed E-state index contributed by atoms with van der Waals surface area (Å²) >= 11 is 6.13. The lowest BCUT2D eigenvalue weighted by molar-refractivity contribution is -0.113. The number of aromatic nitrogens is 3. The number of rotatable bonds is 9. The molecule has 0 saturated carbocycles. The van der Waals surface area contributed by atoms with Crippen LogP contribution in [0.15, 0.2) is 68.3 Å². The van der Waals surface area contributed by atoms with Gasteiger partial charge < -0.3 is 10.1 Å². The van der Waals surface area contributed by atoms with Crippen molar-refractivity contribution in [1.82, 2.24) is 19.4 Å². The topological polar surface area (TPSA) is 89.4 Å². The number of thiazole rings is 1. The van der Waals surface area contributed by atoms with Gasteiger partial charge in [0.25, 0.3) is 5.56 Å². The van der Waals surface area contributed by atoms with Crippen molar-refractivity contribution in [2.75, 3.05) is 43.9 Å². The van der Waals surface area contributed by atoms with Gasteiger partial charge in [0.05, 0.1) is 35.6 Å². The highest BCUT2D eigenvalue weighted by Crippen LogP contribution is 2.27. The van der Waals surface area contributed by atoms with Crippen LogP contribution in [0.25, 0.3) is 22.2 Å². The summed E-state index contributed by atoms with van der Waals surface area (Å²) in [6.07, 6.45) is 0.817. The second-order valence-corrected chi connectivity index (χ2v) is 11.3. The van der Waals surface area contributed by atoms with Crippen LogP contribution in [0.5, 0.6) is 0 Å². The average Bonchev–Trinajstić information content (AvgIpc) is 3.38. The minimum absolute atomic E-state index is 0.0749. The van der Waals surface area contributed by atoms with Crippen LogP contribution in [-0.2, 0) is 16.1 Å². The van der Waals surface area contributed by atoms with Crippen LogP contribution in [0.1, 0.15) is 6.42 Å². The third kappa shape index (κ3) is 6.66. The average molecular weight is 601 g/mol. The summed E-state index contributed by atoms with van der Waals surface area (Å²) < 4.78 is 8.10. The van der Waals surface area contributed by atoms with Gasteiger partial charge in [0, 0.05) is 41.6 Å². The molecule has 0 atom stereocenters. The highest BCUT2D eigenvalue weighted by molar-refractivity contribution is 9.10. The van der Waals surface area contributed by atoms with Crippen molar-refractivity contribution in [1.29, 1.82) is 0 Å². The van der Waals surface area contributed by atoms with Crippen molar-refractivity contribution in [3.05, 3.63) is 68.7 Å². The molecule has 1 aliphatic rings. The van der Waals surface area contributed by atoms with Crippen LogP contribution < -0.4 is 10.9 Å². The van der Waals surface area contributed by atoms with Gasteiger partial charge >= 0.3 is 0 Å². The summed E-state index contributed by atoms with van der Waals surface area (Å²) in [6, 6.07) is 15.2. The third-order valence-corrected chi connectivity index (χ3v) is 8.22. The molecule has 0 radical (unpaired) electrons. The lowest BCUT2D eigenvalue weighted by Crippen LogP contribution is -2.37. The number of carbonyl (C=O) groups is 1. The fourth-order valence-electron chi connectivity index (χ4n) is 4.13. The number of hydrogen-bond donors (Lipinski definition) is 1. The molecule has 2 aromatic heterocycles. The summed E-state index contributed by atoms with van der Waals surface area (Å²) in [5, 5.41) is 6.47. The Morgan fingerprint density at radius 2 is 1.95 bits per heavy atom. The molecule has 1 amide bonds. The van der Waals surface area contributed by atoms with Crippen LogP contribution >= 0.6 is 39.0 Å². The van der Waals surface area contributed by atoms with Crippen molar-refractivity contribution in [2.24, 2.45) is 0 Å². The zero-order valence-corrected chi connectivity index (χ0v) is 23.3. The van der Waals surface area contributed by atoms with Gasteiger partial charge in [0.1, 0.15) is 0 Å². The number of hydrogen-bond acceptors (Lipinski definition) is 8. The number of fused-ring (bicyclic) bond motifs is 1. The second-order valence-electron chi connectivity index (χ2n) is 8.56. The molecule has 192 valence electrons. The van der Waals surface area contributed by atoms with Crippen LogP contribution in [0.2, 0.25) is 0 Å². The zero-order chi connectivity index (χ0) is 25.6. The molecule has 37 heavy (non-hydrogen) atoms. The normalized spacial score (nSPS) is 14.2. The molecule has 0 bridgehead atoms. The number of ether oxygens (including phenoxy) is 1. The Labute approximate surface area is 231 Å². The highest BCUT2D eigenvalue weighted by atomic mass is 79.9. The number of halogens is 1. The summed E-state index contributed by atoms with van der Waals surface area (Å²) in [6.45, 7) is 4.74. The molecular formula is C26H26BrN5O3S2. The van der Waals surface area contributed by atoms with E-state index < -0.39 is 0 Å². The van der Waals surface area contributed by atoms with Gasteiger partial charge in [0.15, 0.2) is 10.3 Å². The molecule has 1 saturated heterocycles. The largest absolute Gasteiger partial charge is 0.379 e. The van der Waals surface area contributed by atoms with Crippen molar-refractivity contribution >= 4 is 61.0 Å². The standard InChI is InChI=1S/C26H26BrN5O3S2/c27-19-6-3-5-18(15-19)22-16-36-25(28-22)30-23(33)17-37-26-29-21-8-2-1-7-20(21)24(34)32(26)10-4-9-31-11-13-35-14-12-31/h1-3,5-8,15-16H,4,9-14,17H2,(H,28,30,33). The summed E-state index contributed by atoms with van der Waals surface area (Å²) in [4.78, 5) is 37.7. The first kappa shape index (κ1) is 26.1. The first-order valence-electron chi connectivity index (χ1n) is 12.0. The van der Waals surface area contributed by atoms with Gasteiger partial charge in [0.2, 0.25) is 5.91 Å². The SMILES string of the molecule is O=C(CSc1nc2ccccc2c(=O)n1CCCN1CCOCC1)Nc1nc(-c2cccc(Br)c2)cs1. The maximum Gasteiger partial charge on any atom is 0.262 e.